The molecule has 1 heterocycles. The highest BCUT2D eigenvalue weighted by atomic mass is 19.4. The molecule has 0 saturated carbocycles. The molecule has 0 saturated heterocycles. The maximum Gasteiger partial charge on any atom is 0.418 e. The van der Waals surface area contributed by atoms with Crippen molar-refractivity contribution in [2.75, 3.05) is 11.1 Å². The molecule has 0 bridgehead atoms. The third kappa shape index (κ3) is 2.87. The second-order valence-corrected chi connectivity index (χ2v) is 3.95. The first-order valence-electron chi connectivity index (χ1n) is 5.56. The fourth-order valence-electron chi connectivity index (χ4n) is 1.64. The summed E-state index contributed by atoms with van der Waals surface area (Å²) in [6.07, 6.45) is -1.70. The molecule has 2 rings (SSSR count). The zero-order valence-electron chi connectivity index (χ0n) is 10.1. The van der Waals surface area contributed by atoms with E-state index in [4.69, 9.17) is 5.73 Å². The van der Waals surface area contributed by atoms with Gasteiger partial charge >= 0.3 is 6.18 Å². The number of hydrogen-bond donors (Lipinski definition) is 2. The summed E-state index contributed by atoms with van der Waals surface area (Å²) in [5.41, 5.74) is 4.00. The zero-order chi connectivity index (χ0) is 14.8. The molecule has 2 aromatic rings. The summed E-state index contributed by atoms with van der Waals surface area (Å²) >= 11 is 0. The first kappa shape index (κ1) is 13.9. The number of rotatable bonds is 2. The number of carbonyl (C=O) groups excluding carboxylic acids is 1. The van der Waals surface area contributed by atoms with Gasteiger partial charge in [-0.15, -0.1) is 0 Å². The Morgan fingerprint density at radius 1 is 1.15 bits per heavy atom. The predicted octanol–water partition coefficient (Wildman–Crippen LogP) is 2.93. The van der Waals surface area contributed by atoms with Crippen LogP contribution in [-0.4, -0.2) is 10.9 Å². The monoisotopic (exact) mass is 281 g/mol. The molecular formula is C13H10F3N3O. The number of nitrogens with one attached hydrogen (secondary N) is 1. The molecule has 0 aliphatic heterocycles. The summed E-state index contributed by atoms with van der Waals surface area (Å²) in [4.78, 5) is 15.7. The van der Waals surface area contributed by atoms with E-state index >= 15 is 0 Å². The van der Waals surface area contributed by atoms with E-state index in [1.807, 2.05) is 0 Å². The minimum Gasteiger partial charge on any atom is -0.398 e. The average molecular weight is 281 g/mol. The lowest BCUT2D eigenvalue weighted by Gasteiger charge is -2.13. The molecule has 20 heavy (non-hydrogen) atoms. The molecule has 7 heteroatoms. The number of hydrogen-bond acceptors (Lipinski definition) is 3. The van der Waals surface area contributed by atoms with Crippen molar-refractivity contribution < 1.29 is 18.0 Å². The van der Waals surface area contributed by atoms with Gasteiger partial charge in [0.1, 0.15) is 0 Å². The van der Waals surface area contributed by atoms with E-state index in [0.717, 1.165) is 12.1 Å². The SMILES string of the molecule is Nc1c(C(=O)Nc2ccncc2)cccc1C(F)(F)F. The number of alkyl halides is 3. The van der Waals surface area contributed by atoms with Crippen LogP contribution in [-0.2, 0) is 6.18 Å². The third-order valence-electron chi connectivity index (χ3n) is 2.59. The number of carbonyl (C=O) groups is 1. The Morgan fingerprint density at radius 3 is 2.40 bits per heavy atom. The Labute approximate surface area is 112 Å². The van der Waals surface area contributed by atoms with Crippen molar-refractivity contribution in [2.24, 2.45) is 0 Å². The highest BCUT2D eigenvalue weighted by molar-refractivity contribution is 6.08. The first-order valence-corrected chi connectivity index (χ1v) is 5.56. The first-order chi connectivity index (χ1) is 9.39. The number of nitrogens with zero attached hydrogens (tertiary/aromatic N) is 1. The van der Waals surface area contributed by atoms with Gasteiger partial charge in [-0.3, -0.25) is 9.78 Å². The lowest BCUT2D eigenvalue weighted by Crippen LogP contribution is -2.17. The van der Waals surface area contributed by atoms with Gasteiger partial charge in [0.2, 0.25) is 0 Å². The van der Waals surface area contributed by atoms with Crippen LogP contribution in [0, 0.1) is 0 Å². The Bertz CT molecular complexity index is 627. The van der Waals surface area contributed by atoms with Gasteiger partial charge in [-0.25, -0.2) is 0 Å². The van der Waals surface area contributed by atoms with Crippen molar-refractivity contribution >= 4 is 17.3 Å². The molecule has 1 aromatic heterocycles. The minimum absolute atomic E-state index is 0.225. The van der Waals surface area contributed by atoms with Gasteiger partial charge in [-0.2, -0.15) is 13.2 Å². The number of halogens is 3. The van der Waals surface area contributed by atoms with Gasteiger partial charge in [0.25, 0.3) is 5.91 Å². The Balaban J connectivity index is 2.32. The molecule has 1 aromatic carbocycles. The normalized spacial score (nSPS) is 11.2. The van der Waals surface area contributed by atoms with Gasteiger partial charge in [-0.05, 0) is 24.3 Å². The molecular weight excluding hydrogens is 271 g/mol. The molecule has 0 aliphatic carbocycles. The topological polar surface area (TPSA) is 68.0 Å². The van der Waals surface area contributed by atoms with Crippen LogP contribution < -0.4 is 11.1 Å². The van der Waals surface area contributed by atoms with E-state index in [1.165, 1.54) is 30.6 Å². The average Bonchev–Trinajstić information content (AvgIpc) is 2.38. The lowest BCUT2D eigenvalue weighted by molar-refractivity contribution is -0.136. The van der Waals surface area contributed by atoms with Crippen molar-refractivity contribution in [1.82, 2.24) is 4.98 Å². The summed E-state index contributed by atoms with van der Waals surface area (Å²) in [5, 5.41) is 2.45. The van der Waals surface area contributed by atoms with Crippen LogP contribution >= 0.6 is 0 Å². The fourth-order valence-corrected chi connectivity index (χ4v) is 1.64. The lowest BCUT2D eigenvalue weighted by atomic mass is 10.1. The van der Waals surface area contributed by atoms with Crippen LogP contribution in [0.1, 0.15) is 15.9 Å². The molecule has 0 unspecified atom stereocenters. The van der Waals surface area contributed by atoms with Crippen LogP contribution in [0.2, 0.25) is 0 Å². The number of para-hydroxylation sites is 1. The molecule has 0 spiro atoms. The van der Waals surface area contributed by atoms with Crippen LogP contribution in [0.3, 0.4) is 0 Å². The highest BCUT2D eigenvalue weighted by Gasteiger charge is 2.34. The van der Waals surface area contributed by atoms with E-state index in [9.17, 15) is 18.0 Å². The number of anilines is 2. The van der Waals surface area contributed by atoms with E-state index in [0.29, 0.717) is 5.69 Å². The number of benzene rings is 1. The van der Waals surface area contributed by atoms with Crippen molar-refractivity contribution in [3.05, 3.63) is 53.9 Å². The van der Waals surface area contributed by atoms with Gasteiger partial charge in [-0.1, -0.05) is 6.07 Å². The smallest absolute Gasteiger partial charge is 0.398 e. The Hall–Kier alpha value is -2.57. The van der Waals surface area contributed by atoms with E-state index in [-0.39, 0.29) is 5.56 Å². The van der Waals surface area contributed by atoms with Gasteiger partial charge in [0, 0.05) is 18.1 Å². The maximum absolute atomic E-state index is 12.7. The molecule has 0 aliphatic rings. The van der Waals surface area contributed by atoms with E-state index < -0.39 is 23.3 Å². The second kappa shape index (κ2) is 5.20. The van der Waals surface area contributed by atoms with Crippen molar-refractivity contribution in [3.63, 3.8) is 0 Å². The van der Waals surface area contributed by atoms with E-state index in [1.54, 1.807) is 0 Å². The van der Waals surface area contributed by atoms with Gasteiger partial charge in [0.15, 0.2) is 0 Å². The summed E-state index contributed by atoms with van der Waals surface area (Å²) < 4.78 is 38.1. The van der Waals surface area contributed by atoms with Gasteiger partial charge < -0.3 is 11.1 Å². The number of nitrogens with two attached hydrogens (primary N) is 1. The van der Waals surface area contributed by atoms with Crippen LogP contribution in [0.15, 0.2) is 42.7 Å². The number of amides is 1. The summed E-state index contributed by atoms with van der Waals surface area (Å²) in [7, 11) is 0. The highest BCUT2D eigenvalue weighted by Crippen LogP contribution is 2.35. The third-order valence-corrected chi connectivity index (χ3v) is 2.59. The zero-order valence-corrected chi connectivity index (χ0v) is 10.1. The summed E-state index contributed by atoms with van der Waals surface area (Å²) in [6, 6.07) is 6.24. The number of nitrogen functional groups attached to an aromatic ring is 1. The summed E-state index contributed by atoms with van der Waals surface area (Å²) in [5.74, 6) is -0.709. The van der Waals surface area contributed by atoms with Gasteiger partial charge in [0.05, 0.1) is 16.8 Å². The predicted molar refractivity (Wildman–Crippen MR) is 68.0 cm³/mol. The van der Waals surface area contributed by atoms with Crippen LogP contribution in [0.4, 0.5) is 24.5 Å². The van der Waals surface area contributed by atoms with Crippen molar-refractivity contribution in [3.8, 4) is 0 Å². The second-order valence-electron chi connectivity index (χ2n) is 3.95. The fraction of sp³-hybridized carbons (Fsp3) is 0.0769. The minimum atomic E-state index is -4.60. The van der Waals surface area contributed by atoms with Crippen LogP contribution in [0.25, 0.3) is 0 Å². The largest absolute Gasteiger partial charge is 0.418 e. The molecule has 0 fully saturated rings. The van der Waals surface area contributed by atoms with E-state index in [2.05, 4.69) is 10.3 Å². The Kier molecular flexibility index (Phi) is 3.60. The molecule has 104 valence electrons. The molecule has 3 N–H and O–H groups in total. The summed E-state index contributed by atoms with van der Waals surface area (Å²) in [6.45, 7) is 0. The number of aromatic nitrogens is 1. The standard InChI is InChI=1S/C13H10F3N3O/c14-13(15,16)10-3-1-2-9(11(10)17)12(20)19-8-4-6-18-7-5-8/h1-7H,17H2,(H,18,19,20). The van der Waals surface area contributed by atoms with Crippen molar-refractivity contribution in [1.29, 1.82) is 0 Å². The molecule has 4 nitrogen and oxygen atoms in total. The molecule has 0 atom stereocenters. The van der Waals surface area contributed by atoms with Crippen LogP contribution in [0.5, 0.6) is 0 Å². The number of pyridine rings is 1. The Morgan fingerprint density at radius 2 is 1.80 bits per heavy atom. The molecule has 0 radical (unpaired) electrons. The van der Waals surface area contributed by atoms with Crippen molar-refractivity contribution in [2.45, 2.75) is 6.18 Å². The quantitative estimate of drug-likeness (QED) is 0.832. The maximum atomic E-state index is 12.7. The molecule has 1 amide bonds.